The first kappa shape index (κ1) is 17.8. The van der Waals surface area contributed by atoms with Gasteiger partial charge in [-0.15, -0.1) is 0 Å². The van der Waals surface area contributed by atoms with Gasteiger partial charge in [0.2, 0.25) is 0 Å². The highest BCUT2D eigenvalue weighted by Gasteiger charge is 2.29. The van der Waals surface area contributed by atoms with Crippen LogP contribution in [0.1, 0.15) is 38.8 Å². The Kier molecular flexibility index (Phi) is 5.24. The van der Waals surface area contributed by atoms with Crippen LogP contribution in [0, 0.1) is 0 Å². The summed E-state index contributed by atoms with van der Waals surface area (Å²) in [4.78, 5) is 21.6. The fraction of sp³-hybridized carbons (Fsp3) is 0.667. The summed E-state index contributed by atoms with van der Waals surface area (Å²) in [5, 5.41) is 0. The molecule has 0 saturated carbocycles. The molecule has 1 aromatic carbocycles. The number of hydrogen-bond acceptors (Lipinski definition) is 6. The minimum atomic E-state index is -0.543. The molecule has 2 fully saturated rings. The van der Waals surface area contributed by atoms with Crippen molar-refractivity contribution in [3.8, 4) is 0 Å². The highest BCUT2D eigenvalue weighted by Crippen LogP contribution is 2.30. The van der Waals surface area contributed by atoms with Crippen molar-refractivity contribution >= 4 is 0 Å². The van der Waals surface area contributed by atoms with Crippen molar-refractivity contribution in [2.24, 2.45) is 0 Å². The molecule has 2 unspecified atom stereocenters. The normalized spacial score (nSPS) is 23.3. The Balaban J connectivity index is 1.53. The van der Waals surface area contributed by atoms with Crippen LogP contribution in [-0.4, -0.2) is 38.6 Å². The Hall–Kier alpha value is -1.02. The second-order valence-corrected chi connectivity index (χ2v) is 7.24. The lowest BCUT2D eigenvalue weighted by atomic mass is 9.92. The molecule has 134 valence electrons. The summed E-state index contributed by atoms with van der Waals surface area (Å²) in [5.41, 5.74) is 0.952. The summed E-state index contributed by atoms with van der Waals surface area (Å²) >= 11 is 0. The molecule has 0 aromatic heterocycles. The van der Waals surface area contributed by atoms with E-state index in [9.17, 15) is 0 Å². The SMILES string of the molecule is CC(C)(OOCC1CO1)c1ccc(C(C)(C)OOCC2CO2)cc1. The number of hydrogen-bond donors (Lipinski definition) is 0. The molecule has 24 heavy (non-hydrogen) atoms. The van der Waals surface area contributed by atoms with Crippen molar-refractivity contribution in [1.82, 2.24) is 0 Å². The lowest BCUT2D eigenvalue weighted by molar-refractivity contribution is -0.360. The van der Waals surface area contributed by atoms with Gasteiger partial charge in [0.15, 0.2) is 0 Å². The molecule has 0 radical (unpaired) electrons. The molecular formula is C18H26O6. The van der Waals surface area contributed by atoms with E-state index in [1.807, 2.05) is 52.0 Å². The van der Waals surface area contributed by atoms with E-state index < -0.39 is 11.2 Å². The lowest BCUT2D eigenvalue weighted by Gasteiger charge is -2.27. The van der Waals surface area contributed by atoms with Gasteiger partial charge < -0.3 is 9.47 Å². The van der Waals surface area contributed by atoms with Crippen LogP contribution in [0.3, 0.4) is 0 Å². The van der Waals surface area contributed by atoms with Crippen LogP contribution in [0.2, 0.25) is 0 Å². The van der Waals surface area contributed by atoms with Gasteiger partial charge in [-0.3, -0.25) is 0 Å². The number of rotatable bonds is 10. The van der Waals surface area contributed by atoms with Crippen molar-refractivity contribution in [1.29, 1.82) is 0 Å². The third-order valence-corrected chi connectivity index (χ3v) is 4.12. The molecule has 2 atom stereocenters. The molecule has 0 amide bonds. The molecule has 3 rings (SSSR count). The van der Waals surface area contributed by atoms with E-state index in [0.717, 1.165) is 24.3 Å². The molecule has 2 heterocycles. The van der Waals surface area contributed by atoms with Gasteiger partial charge in [-0.25, -0.2) is 19.6 Å². The minimum Gasteiger partial charge on any atom is -0.370 e. The largest absolute Gasteiger partial charge is 0.370 e. The van der Waals surface area contributed by atoms with Crippen LogP contribution in [0.5, 0.6) is 0 Å². The van der Waals surface area contributed by atoms with Gasteiger partial charge >= 0.3 is 0 Å². The Morgan fingerprint density at radius 1 is 0.792 bits per heavy atom. The van der Waals surface area contributed by atoms with Gasteiger partial charge in [-0.2, -0.15) is 0 Å². The molecule has 0 N–H and O–H groups in total. The number of epoxide rings is 2. The van der Waals surface area contributed by atoms with Gasteiger partial charge in [0.1, 0.15) is 36.6 Å². The van der Waals surface area contributed by atoms with E-state index >= 15 is 0 Å². The zero-order valence-electron chi connectivity index (χ0n) is 14.7. The van der Waals surface area contributed by atoms with Crippen LogP contribution >= 0.6 is 0 Å². The second-order valence-electron chi connectivity index (χ2n) is 7.24. The molecular weight excluding hydrogens is 312 g/mol. The van der Waals surface area contributed by atoms with Gasteiger partial charge in [-0.05, 0) is 38.8 Å². The molecule has 2 saturated heterocycles. The highest BCUT2D eigenvalue weighted by atomic mass is 17.2. The van der Waals surface area contributed by atoms with Crippen molar-refractivity contribution < 1.29 is 29.0 Å². The third kappa shape index (κ3) is 4.99. The Labute approximate surface area is 142 Å². The monoisotopic (exact) mass is 338 g/mol. The topological polar surface area (TPSA) is 62.0 Å². The van der Waals surface area contributed by atoms with Crippen molar-refractivity contribution in [3.63, 3.8) is 0 Å². The average Bonchev–Trinajstić information content (AvgIpc) is 3.42. The van der Waals surface area contributed by atoms with Crippen molar-refractivity contribution in [2.75, 3.05) is 26.4 Å². The molecule has 6 nitrogen and oxygen atoms in total. The minimum absolute atomic E-state index is 0.183. The molecule has 6 heteroatoms. The zero-order valence-corrected chi connectivity index (χ0v) is 14.7. The van der Waals surface area contributed by atoms with Crippen LogP contribution in [0.4, 0.5) is 0 Å². The maximum atomic E-state index is 5.54. The molecule has 0 aliphatic carbocycles. The van der Waals surface area contributed by atoms with Gasteiger partial charge in [0.05, 0.1) is 13.2 Å². The fourth-order valence-electron chi connectivity index (χ4n) is 2.21. The standard InChI is InChI=1S/C18H26O6/c1-17(2,23-21-11-15-9-19-15)13-5-7-14(8-6-13)18(3,4)24-22-12-16-10-20-16/h5-8,15-16H,9-12H2,1-4H3. The smallest absolute Gasteiger partial charge is 0.123 e. The Bertz CT molecular complexity index is 482. The van der Waals surface area contributed by atoms with Crippen LogP contribution in [-0.2, 0) is 40.2 Å². The summed E-state index contributed by atoms with van der Waals surface area (Å²) in [6.07, 6.45) is 0.365. The van der Waals surface area contributed by atoms with Gasteiger partial charge in [0.25, 0.3) is 0 Å². The van der Waals surface area contributed by atoms with Gasteiger partial charge in [-0.1, -0.05) is 24.3 Å². The molecule has 2 aliphatic heterocycles. The van der Waals surface area contributed by atoms with Crippen molar-refractivity contribution in [3.05, 3.63) is 35.4 Å². The van der Waals surface area contributed by atoms with E-state index in [0.29, 0.717) is 13.2 Å². The summed E-state index contributed by atoms with van der Waals surface area (Å²) < 4.78 is 10.2. The maximum Gasteiger partial charge on any atom is 0.123 e. The Morgan fingerprint density at radius 2 is 1.12 bits per heavy atom. The number of ether oxygens (including phenoxy) is 2. The molecule has 2 aliphatic rings. The summed E-state index contributed by atoms with van der Waals surface area (Å²) in [6.45, 7) is 10.3. The van der Waals surface area contributed by atoms with Gasteiger partial charge in [0, 0.05) is 0 Å². The van der Waals surface area contributed by atoms with E-state index in [4.69, 9.17) is 29.0 Å². The van der Waals surface area contributed by atoms with E-state index in [1.54, 1.807) is 0 Å². The van der Waals surface area contributed by atoms with Crippen LogP contribution in [0.25, 0.3) is 0 Å². The quantitative estimate of drug-likeness (QED) is 0.371. The van der Waals surface area contributed by atoms with Crippen molar-refractivity contribution in [2.45, 2.75) is 51.1 Å². The predicted molar refractivity (Wildman–Crippen MR) is 86.0 cm³/mol. The van der Waals surface area contributed by atoms with Crippen LogP contribution < -0.4 is 0 Å². The molecule has 0 spiro atoms. The first-order valence-electron chi connectivity index (χ1n) is 8.32. The lowest BCUT2D eigenvalue weighted by Crippen LogP contribution is -2.25. The van der Waals surface area contributed by atoms with Crippen LogP contribution in [0.15, 0.2) is 24.3 Å². The second kappa shape index (κ2) is 7.07. The fourth-order valence-corrected chi connectivity index (χ4v) is 2.21. The van der Waals surface area contributed by atoms with E-state index in [1.165, 1.54) is 0 Å². The Morgan fingerprint density at radius 3 is 1.42 bits per heavy atom. The van der Waals surface area contributed by atoms with E-state index in [2.05, 4.69) is 0 Å². The maximum absolute atomic E-state index is 5.54. The van der Waals surface area contributed by atoms with E-state index in [-0.39, 0.29) is 12.2 Å². The first-order valence-corrected chi connectivity index (χ1v) is 8.32. The third-order valence-electron chi connectivity index (χ3n) is 4.12. The predicted octanol–water partition coefficient (Wildman–Crippen LogP) is 2.85. The number of benzene rings is 1. The zero-order chi connectivity index (χ0) is 17.2. The summed E-state index contributed by atoms with van der Waals surface area (Å²) in [7, 11) is 0. The summed E-state index contributed by atoms with van der Waals surface area (Å²) in [5.74, 6) is 0. The first-order chi connectivity index (χ1) is 11.4. The molecule has 1 aromatic rings. The highest BCUT2D eigenvalue weighted by molar-refractivity contribution is 5.29. The average molecular weight is 338 g/mol. The molecule has 0 bridgehead atoms. The summed E-state index contributed by atoms with van der Waals surface area (Å²) in [6, 6.07) is 8.06.